The van der Waals surface area contributed by atoms with Crippen LogP contribution in [0.4, 0.5) is 0 Å². The van der Waals surface area contributed by atoms with Gasteiger partial charge in [-0.2, -0.15) is 5.10 Å². The molecule has 0 spiro atoms. The van der Waals surface area contributed by atoms with E-state index in [0.717, 1.165) is 13.0 Å². The van der Waals surface area contributed by atoms with Gasteiger partial charge in [-0.25, -0.2) is 0 Å². The molecule has 0 aliphatic carbocycles. The molecule has 1 aromatic heterocycles. The zero-order valence-electron chi connectivity index (χ0n) is 12.1. The molecule has 0 saturated heterocycles. The molecule has 0 radical (unpaired) electrons. The summed E-state index contributed by atoms with van der Waals surface area (Å²) in [5, 5.41) is 8.11. The van der Waals surface area contributed by atoms with Crippen molar-refractivity contribution in [3.63, 3.8) is 0 Å². The quantitative estimate of drug-likeness (QED) is 0.824. The third-order valence-corrected chi connectivity index (χ3v) is 2.84. The Balaban J connectivity index is 2.56. The molecule has 1 heterocycles. The van der Waals surface area contributed by atoms with Gasteiger partial charge in [0.1, 0.15) is 0 Å². The minimum Gasteiger partial charge on any atom is -0.314 e. The van der Waals surface area contributed by atoms with Gasteiger partial charge in [0, 0.05) is 24.8 Å². The number of hydrogen-bond donors (Lipinski definition) is 1. The summed E-state index contributed by atoms with van der Waals surface area (Å²) in [6.07, 6.45) is 3.10. The third-order valence-electron chi connectivity index (χ3n) is 2.84. The molecular weight excluding hydrogens is 210 g/mol. The van der Waals surface area contributed by atoms with Crippen molar-refractivity contribution in [2.75, 3.05) is 6.54 Å². The van der Waals surface area contributed by atoms with Crippen LogP contribution in [-0.2, 0) is 6.42 Å². The van der Waals surface area contributed by atoms with Crippen LogP contribution in [0, 0.1) is 5.41 Å². The van der Waals surface area contributed by atoms with Crippen LogP contribution in [0.15, 0.2) is 12.3 Å². The number of hydrogen-bond acceptors (Lipinski definition) is 2. The average molecular weight is 237 g/mol. The second kappa shape index (κ2) is 5.67. The Morgan fingerprint density at radius 3 is 2.41 bits per heavy atom. The van der Waals surface area contributed by atoms with Crippen molar-refractivity contribution in [2.45, 2.75) is 60.0 Å². The Hall–Kier alpha value is -0.830. The molecule has 3 heteroatoms. The fourth-order valence-corrected chi connectivity index (χ4v) is 1.79. The van der Waals surface area contributed by atoms with Gasteiger partial charge in [-0.05, 0) is 31.7 Å². The minimum atomic E-state index is 0.250. The molecule has 0 saturated carbocycles. The summed E-state index contributed by atoms with van der Waals surface area (Å²) in [6.45, 7) is 14.3. The van der Waals surface area contributed by atoms with Gasteiger partial charge in [0.05, 0.1) is 5.69 Å². The Morgan fingerprint density at radius 2 is 1.94 bits per heavy atom. The number of aromatic nitrogens is 2. The zero-order valence-corrected chi connectivity index (χ0v) is 12.1. The van der Waals surface area contributed by atoms with Crippen LogP contribution in [0.3, 0.4) is 0 Å². The lowest BCUT2D eigenvalue weighted by atomic mass is 9.87. The Morgan fingerprint density at radius 1 is 1.29 bits per heavy atom. The standard InChI is InChI=1S/C14H27N3/c1-11(2)15-10-14(5,6)9-13-7-8-17(16-13)12(3)4/h7-8,11-12,15H,9-10H2,1-6H3. The Labute approximate surface area is 106 Å². The van der Waals surface area contributed by atoms with Crippen molar-refractivity contribution in [3.8, 4) is 0 Å². The van der Waals surface area contributed by atoms with Crippen LogP contribution in [0.1, 0.15) is 53.3 Å². The van der Waals surface area contributed by atoms with Gasteiger partial charge >= 0.3 is 0 Å². The molecule has 1 aromatic rings. The summed E-state index contributed by atoms with van der Waals surface area (Å²) in [6, 6.07) is 3.13. The van der Waals surface area contributed by atoms with E-state index in [-0.39, 0.29) is 5.41 Å². The summed E-state index contributed by atoms with van der Waals surface area (Å²) in [5.41, 5.74) is 1.44. The lowest BCUT2D eigenvalue weighted by molar-refractivity contribution is 0.321. The molecule has 0 unspecified atom stereocenters. The van der Waals surface area contributed by atoms with Crippen molar-refractivity contribution in [2.24, 2.45) is 5.41 Å². The SMILES string of the molecule is CC(C)NCC(C)(C)Cc1ccn(C(C)C)n1. The highest BCUT2D eigenvalue weighted by Gasteiger charge is 2.20. The molecule has 1 rings (SSSR count). The van der Waals surface area contributed by atoms with Gasteiger partial charge in [0.2, 0.25) is 0 Å². The maximum Gasteiger partial charge on any atom is 0.0630 e. The first-order valence-electron chi connectivity index (χ1n) is 6.57. The molecule has 3 nitrogen and oxygen atoms in total. The molecule has 0 aliphatic rings. The van der Waals surface area contributed by atoms with E-state index in [0.29, 0.717) is 12.1 Å². The second-order valence-electron chi connectivity index (χ2n) is 6.26. The highest BCUT2D eigenvalue weighted by molar-refractivity contribution is 5.03. The van der Waals surface area contributed by atoms with Gasteiger partial charge in [-0.3, -0.25) is 4.68 Å². The largest absolute Gasteiger partial charge is 0.314 e. The average Bonchev–Trinajstić information content (AvgIpc) is 2.63. The van der Waals surface area contributed by atoms with Crippen molar-refractivity contribution in [1.82, 2.24) is 15.1 Å². The molecule has 0 fully saturated rings. The fourth-order valence-electron chi connectivity index (χ4n) is 1.79. The first kappa shape index (κ1) is 14.2. The van der Waals surface area contributed by atoms with Gasteiger partial charge in [0.25, 0.3) is 0 Å². The van der Waals surface area contributed by atoms with E-state index in [4.69, 9.17) is 0 Å². The van der Waals surface area contributed by atoms with E-state index in [2.05, 4.69) is 64.2 Å². The molecule has 0 aromatic carbocycles. The Bertz CT molecular complexity index is 337. The maximum absolute atomic E-state index is 4.61. The first-order chi connectivity index (χ1) is 7.80. The molecule has 98 valence electrons. The first-order valence-corrected chi connectivity index (χ1v) is 6.57. The van der Waals surface area contributed by atoms with Crippen LogP contribution in [0.2, 0.25) is 0 Å². The predicted molar refractivity (Wildman–Crippen MR) is 73.2 cm³/mol. The van der Waals surface area contributed by atoms with Crippen molar-refractivity contribution < 1.29 is 0 Å². The van der Waals surface area contributed by atoms with Crippen LogP contribution in [0.25, 0.3) is 0 Å². The monoisotopic (exact) mass is 237 g/mol. The number of nitrogens with one attached hydrogen (secondary N) is 1. The summed E-state index contributed by atoms with van der Waals surface area (Å²) < 4.78 is 2.03. The molecule has 0 amide bonds. The van der Waals surface area contributed by atoms with Crippen LogP contribution >= 0.6 is 0 Å². The van der Waals surface area contributed by atoms with E-state index in [1.807, 2.05) is 4.68 Å². The lowest BCUT2D eigenvalue weighted by Gasteiger charge is -2.25. The van der Waals surface area contributed by atoms with E-state index >= 15 is 0 Å². The van der Waals surface area contributed by atoms with Gasteiger partial charge in [-0.1, -0.05) is 27.7 Å². The number of rotatable bonds is 6. The van der Waals surface area contributed by atoms with Gasteiger partial charge in [-0.15, -0.1) is 0 Å². The second-order valence-corrected chi connectivity index (χ2v) is 6.26. The lowest BCUT2D eigenvalue weighted by Crippen LogP contribution is -2.35. The topological polar surface area (TPSA) is 29.9 Å². The van der Waals surface area contributed by atoms with E-state index in [1.54, 1.807) is 0 Å². The summed E-state index contributed by atoms with van der Waals surface area (Å²) >= 11 is 0. The van der Waals surface area contributed by atoms with E-state index in [9.17, 15) is 0 Å². The van der Waals surface area contributed by atoms with Crippen LogP contribution in [-0.4, -0.2) is 22.4 Å². The molecule has 0 bridgehead atoms. The summed E-state index contributed by atoms with van der Waals surface area (Å²) in [5.74, 6) is 0. The molecule has 0 aliphatic heterocycles. The molecule has 1 N–H and O–H groups in total. The smallest absolute Gasteiger partial charge is 0.0630 e. The van der Waals surface area contributed by atoms with E-state index < -0.39 is 0 Å². The highest BCUT2D eigenvalue weighted by Crippen LogP contribution is 2.20. The zero-order chi connectivity index (χ0) is 13.1. The minimum absolute atomic E-state index is 0.250. The molecule has 17 heavy (non-hydrogen) atoms. The third kappa shape index (κ3) is 4.90. The van der Waals surface area contributed by atoms with Crippen molar-refractivity contribution in [1.29, 1.82) is 0 Å². The normalized spacial score (nSPS) is 12.7. The predicted octanol–water partition coefficient (Wildman–Crippen LogP) is 3.03. The maximum atomic E-state index is 4.61. The molecular formula is C14H27N3. The van der Waals surface area contributed by atoms with Gasteiger partial charge in [0.15, 0.2) is 0 Å². The van der Waals surface area contributed by atoms with Crippen molar-refractivity contribution in [3.05, 3.63) is 18.0 Å². The van der Waals surface area contributed by atoms with Crippen LogP contribution < -0.4 is 5.32 Å². The van der Waals surface area contributed by atoms with Crippen molar-refractivity contribution >= 4 is 0 Å². The van der Waals surface area contributed by atoms with E-state index in [1.165, 1.54) is 5.69 Å². The fraction of sp³-hybridized carbons (Fsp3) is 0.786. The number of nitrogens with zero attached hydrogens (tertiary/aromatic N) is 2. The van der Waals surface area contributed by atoms with Crippen LogP contribution in [0.5, 0.6) is 0 Å². The highest BCUT2D eigenvalue weighted by atomic mass is 15.3. The van der Waals surface area contributed by atoms with Gasteiger partial charge < -0.3 is 5.32 Å². The summed E-state index contributed by atoms with van der Waals surface area (Å²) in [4.78, 5) is 0. The summed E-state index contributed by atoms with van der Waals surface area (Å²) in [7, 11) is 0. The Kier molecular flexibility index (Phi) is 4.75. The molecule has 0 atom stereocenters.